The lowest BCUT2D eigenvalue weighted by molar-refractivity contribution is 0.162. The van der Waals surface area contributed by atoms with Crippen LogP contribution in [0.5, 0.6) is 5.88 Å². The molecule has 1 heterocycles. The van der Waals surface area contributed by atoms with Gasteiger partial charge in [-0.15, -0.1) is 0 Å². The minimum absolute atomic E-state index is 0.141. The number of rotatable bonds is 3. The minimum Gasteiger partial charge on any atom is -0.474 e. The molecule has 3 nitrogen and oxygen atoms in total. The van der Waals surface area contributed by atoms with E-state index in [1.807, 2.05) is 6.92 Å². The van der Waals surface area contributed by atoms with E-state index in [-0.39, 0.29) is 6.10 Å². The lowest BCUT2D eigenvalue weighted by Gasteiger charge is -2.17. The van der Waals surface area contributed by atoms with Crippen LogP contribution in [0.2, 0.25) is 0 Å². The molecule has 0 aromatic carbocycles. The summed E-state index contributed by atoms with van der Waals surface area (Å²) in [6, 6.07) is 1.79. The Balaban J connectivity index is 2.77. The van der Waals surface area contributed by atoms with Crippen molar-refractivity contribution in [3.63, 3.8) is 0 Å². The molecule has 1 rings (SSSR count). The maximum absolute atomic E-state index is 5.65. The Labute approximate surface area is 92.8 Å². The lowest BCUT2D eigenvalue weighted by atomic mass is 10.1. The average molecular weight is 259 g/mol. The molecular weight excluding hydrogens is 244 g/mol. The molecule has 0 fully saturated rings. The average Bonchev–Trinajstić information content (AvgIpc) is 2.09. The van der Waals surface area contributed by atoms with Crippen molar-refractivity contribution in [3.05, 3.63) is 16.7 Å². The Kier molecular flexibility index (Phi) is 3.75. The largest absolute Gasteiger partial charge is 0.474 e. The summed E-state index contributed by atoms with van der Waals surface area (Å²) in [5, 5.41) is 0. The van der Waals surface area contributed by atoms with E-state index < -0.39 is 0 Å². The maximum Gasteiger partial charge on any atom is 0.228 e. The predicted molar refractivity (Wildman–Crippen MR) is 61.3 cm³/mol. The van der Waals surface area contributed by atoms with Gasteiger partial charge in [0.1, 0.15) is 0 Å². The lowest BCUT2D eigenvalue weighted by Crippen LogP contribution is -2.19. The highest BCUT2D eigenvalue weighted by molar-refractivity contribution is 9.10. The summed E-state index contributed by atoms with van der Waals surface area (Å²) in [5.74, 6) is 1.06. The SMILES string of the molecule is CC(C)C(C)Oc1ncc(N)cc1Br. The van der Waals surface area contributed by atoms with Crippen molar-refractivity contribution < 1.29 is 4.74 Å². The van der Waals surface area contributed by atoms with Crippen molar-refractivity contribution in [2.45, 2.75) is 26.9 Å². The zero-order valence-corrected chi connectivity index (χ0v) is 10.2. The molecular formula is C10H15BrN2O. The Bertz CT molecular complexity index is 315. The molecule has 0 aliphatic rings. The van der Waals surface area contributed by atoms with E-state index in [1.54, 1.807) is 12.3 Å². The molecule has 0 bridgehead atoms. The van der Waals surface area contributed by atoms with Gasteiger partial charge in [0.25, 0.3) is 0 Å². The molecule has 0 saturated heterocycles. The van der Waals surface area contributed by atoms with Crippen LogP contribution >= 0.6 is 15.9 Å². The monoisotopic (exact) mass is 258 g/mol. The molecule has 4 heteroatoms. The Morgan fingerprint density at radius 3 is 2.57 bits per heavy atom. The molecule has 1 unspecified atom stereocenters. The van der Waals surface area contributed by atoms with Crippen molar-refractivity contribution in [3.8, 4) is 5.88 Å². The third kappa shape index (κ3) is 2.87. The fourth-order valence-electron chi connectivity index (χ4n) is 0.839. The molecule has 1 atom stereocenters. The fraction of sp³-hybridized carbons (Fsp3) is 0.500. The number of nitrogens with zero attached hydrogens (tertiary/aromatic N) is 1. The number of anilines is 1. The highest BCUT2D eigenvalue weighted by atomic mass is 79.9. The van der Waals surface area contributed by atoms with Crippen LogP contribution in [0.3, 0.4) is 0 Å². The highest BCUT2D eigenvalue weighted by Gasteiger charge is 2.11. The van der Waals surface area contributed by atoms with Gasteiger partial charge in [0.15, 0.2) is 0 Å². The highest BCUT2D eigenvalue weighted by Crippen LogP contribution is 2.25. The molecule has 14 heavy (non-hydrogen) atoms. The summed E-state index contributed by atoms with van der Waals surface area (Å²) < 4.78 is 6.44. The summed E-state index contributed by atoms with van der Waals surface area (Å²) in [4.78, 5) is 4.11. The zero-order chi connectivity index (χ0) is 10.7. The van der Waals surface area contributed by atoms with Crippen LogP contribution in [0.1, 0.15) is 20.8 Å². The van der Waals surface area contributed by atoms with Crippen LogP contribution < -0.4 is 10.5 Å². The van der Waals surface area contributed by atoms with Gasteiger partial charge in [0.2, 0.25) is 5.88 Å². The van der Waals surface area contributed by atoms with Gasteiger partial charge in [-0.2, -0.15) is 0 Å². The number of aromatic nitrogens is 1. The minimum atomic E-state index is 0.141. The summed E-state index contributed by atoms with van der Waals surface area (Å²) in [6.07, 6.45) is 1.73. The third-order valence-electron chi connectivity index (χ3n) is 2.06. The first-order chi connectivity index (χ1) is 6.50. The third-order valence-corrected chi connectivity index (χ3v) is 2.63. The van der Waals surface area contributed by atoms with E-state index in [4.69, 9.17) is 10.5 Å². The van der Waals surface area contributed by atoms with Crippen molar-refractivity contribution in [1.82, 2.24) is 4.98 Å². The van der Waals surface area contributed by atoms with Crippen molar-refractivity contribution >= 4 is 21.6 Å². The van der Waals surface area contributed by atoms with Crippen molar-refractivity contribution in [2.75, 3.05) is 5.73 Å². The first-order valence-electron chi connectivity index (χ1n) is 4.58. The Hall–Kier alpha value is -0.770. The molecule has 0 aliphatic carbocycles. The summed E-state index contributed by atoms with van der Waals surface area (Å²) in [6.45, 7) is 6.24. The molecule has 1 aromatic heterocycles. The summed E-state index contributed by atoms with van der Waals surface area (Å²) >= 11 is 3.36. The van der Waals surface area contributed by atoms with Crippen LogP contribution in [-0.4, -0.2) is 11.1 Å². The molecule has 0 saturated carbocycles. The van der Waals surface area contributed by atoms with Gasteiger partial charge in [0.05, 0.1) is 22.5 Å². The number of pyridine rings is 1. The number of halogens is 1. The van der Waals surface area contributed by atoms with Crippen molar-refractivity contribution in [2.24, 2.45) is 5.92 Å². The van der Waals surface area contributed by atoms with Gasteiger partial charge >= 0.3 is 0 Å². The van der Waals surface area contributed by atoms with Crippen LogP contribution in [-0.2, 0) is 0 Å². The quantitative estimate of drug-likeness (QED) is 0.907. The van der Waals surface area contributed by atoms with Crippen LogP contribution in [0.4, 0.5) is 5.69 Å². The Morgan fingerprint density at radius 1 is 1.43 bits per heavy atom. The van der Waals surface area contributed by atoms with Gasteiger partial charge < -0.3 is 10.5 Å². The first-order valence-corrected chi connectivity index (χ1v) is 5.37. The molecule has 1 aromatic rings. The van der Waals surface area contributed by atoms with Gasteiger partial charge in [0, 0.05) is 0 Å². The second-order valence-electron chi connectivity index (χ2n) is 3.62. The fourth-order valence-corrected chi connectivity index (χ4v) is 1.30. The van der Waals surface area contributed by atoms with E-state index in [1.165, 1.54) is 0 Å². The number of ether oxygens (including phenoxy) is 1. The van der Waals surface area contributed by atoms with E-state index >= 15 is 0 Å². The molecule has 78 valence electrons. The van der Waals surface area contributed by atoms with Crippen LogP contribution in [0.25, 0.3) is 0 Å². The normalized spacial score (nSPS) is 12.9. The number of hydrogen-bond donors (Lipinski definition) is 1. The zero-order valence-electron chi connectivity index (χ0n) is 8.62. The van der Waals surface area contributed by atoms with Gasteiger partial charge in [-0.1, -0.05) is 13.8 Å². The number of hydrogen-bond acceptors (Lipinski definition) is 3. The maximum atomic E-state index is 5.65. The topological polar surface area (TPSA) is 48.1 Å². The van der Waals surface area contributed by atoms with Gasteiger partial charge in [-0.3, -0.25) is 0 Å². The molecule has 0 amide bonds. The smallest absolute Gasteiger partial charge is 0.228 e. The predicted octanol–water partition coefficient (Wildman–Crippen LogP) is 2.85. The standard InChI is InChI=1S/C10H15BrN2O/c1-6(2)7(3)14-10-9(11)4-8(12)5-13-10/h4-7H,12H2,1-3H3. The van der Waals surface area contributed by atoms with E-state index in [2.05, 4.69) is 34.8 Å². The van der Waals surface area contributed by atoms with Crippen LogP contribution in [0.15, 0.2) is 16.7 Å². The molecule has 0 spiro atoms. The van der Waals surface area contributed by atoms with E-state index in [0.717, 1.165) is 4.47 Å². The molecule has 2 N–H and O–H groups in total. The molecule has 0 aliphatic heterocycles. The Morgan fingerprint density at radius 2 is 2.07 bits per heavy atom. The number of nitrogen functional groups attached to an aromatic ring is 1. The summed E-state index contributed by atoms with van der Waals surface area (Å²) in [7, 11) is 0. The van der Waals surface area contributed by atoms with E-state index in [0.29, 0.717) is 17.5 Å². The van der Waals surface area contributed by atoms with Crippen molar-refractivity contribution in [1.29, 1.82) is 0 Å². The van der Waals surface area contributed by atoms with Gasteiger partial charge in [-0.25, -0.2) is 4.98 Å². The van der Waals surface area contributed by atoms with Crippen LogP contribution in [0, 0.1) is 5.92 Å². The first kappa shape index (κ1) is 11.3. The number of nitrogens with two attached hydrogens (primary N) is 1. The van der Waals surface area contributed by atoms with Gasteiger partial charge in [-0.05, 0) is 34.8 Å². The molecule has 0 radical (unpaired) electrons. The van der Waals surface area contributed by atoms with E-state index in [9.17, 15) is 0 Å². The second-order valence-corrected chi connectivity index (χ2v) is 4.48. The summed E-state index contributed by atoms with van der Waals surface area (Å²) in [5.41, 5.74) is 6.20. The second kappa shape index (κ2) is 4.64.